The molecule has 1 rings (SSSR count). The van der Waals surface area contributed by atoms with Crippen LogP contribution in [0.5, 0.6) is 0 Å². The van der Waals surface area contributed by atoms with Crippen LogP contribution in [0.25, 0.3) is 0 Å². The van der Waals surface area contributed by atoms with Crippen LogP contribution < -0.4 is 0 Å². The molecular formula is C21H34N2O5. The Bertz CT molecular complexity index is 568. The predicted molar refractivity (Wildman–Crippen MR) is 107 cm³/mol. The Hall–Kier alpha value is -1.75. The number of aliphatic imine (C=N–C) groups is 1. The van der Waals surface area contributed by atoms with Gasteiger partial charge in [0, 0.05) is 32.6 Å². The van der Waals surface area contributed by atoms with Crippen LogP contribution in [-0.2, 0) is 23.7 Å². The number of methoxy groups -OCH3 is 1. The highest BCUT2D eigenvalue weighted by Gasteiger charge is 2.26. The largest absolute Gasteiger partial charge is 0.462 e. The highest BCUT2D eigenvalue weighted by molar-refractivity contribution is 5.97. The van der Waals surface area contributed by atoms with Gasteiger partial charge in [0.2, 0.25) is 0 Å². The second kappa shape index (κ2) is 14.3. The lowest BCUT2D eigenvalue weighted by molar-refractivity contribution is -0.150. The minimum atomic E-state index is -0.890. The van der Waals surface area contributed by atoms with E-state index in [9.17, 15) is 10.1 Å². The molecule has 0 aromatic rings. The van der Waals surface area contributed by atoms with E-state index in [0.717, 1.165) is 30.5 Å². The third-order valence-electron chi connectivity index (χ3n) is 4.33. The van der Waals surface area contributed by atoms with Gasteiger partial charge in [0.15, 0.2) is 5.92 Å². The average Bonchev–Trinajstić information content (AvgIpc) is 2.69. The second-order valence-corrected chi connectivity index (χ2v) is 6.89. The maximum atomic E-state index is 12.4. The van der Waals surface area contributed by atoms with Crippen LogP contribution in [0.1, 0.15) is 46.5 Å². The topological polar surface area (TPSA) is 90.1 Å². The summed E-state index contributed by atoms with van der Waals surface area (Å²) in [5, 5.41) is 9.49. The Labute approximate surface area is 168 Å². The molecule has 0 spiro atoms. The van der Waals surface area contributed by atoms with E-state index >= 15 is 0 Å². The molecule has 0 radical (unpaired) electrons. The van der Waals surface area contributed by atoms with Crippen molar-refractivity contribution in [1.29, 1.82) is 5.26 Å². The molecule has 0 fully saturated rings. The fourth-order valence-electron chi connectivity index (χ4n) is 2.87. The first-order valence-electron chi connectivity index (χ1n) is 10.0. The number of rotatable bonds is 13. The van der Waals surface area contributed by atoms with Crippen LogP contribution in [-0.4, -0.2) is 64.0 Å². The van der Waals surface area contributed by atoms with Crippen molar-refractivity contribution in [2.75, 3.05) is 40.1 Å². The third-order valence-corrected chi connectivity index (χ3v) is 4.33. The van der Waals surface area contributed by atoms with Crippen molar-refractivity contribution >= 4 is 11.7 Å². The number of hydrogen-bond donors (Lipinski definition) is 0. The molecule has 0 saturated heterocycles. The van der Waals surface area contributed by atoms with Gasteiger partial charge in [0.25, 0.3) is 0 Å². The molecule has 7 nitrogen and oxygen atoms in total. The minimum Gasteiger partial charge on any atom is -0.462 e. The van der Waals surface area contributed by atoms with Crippen molar-refractivity contribution in [3.05, 3.63) is 11.6 Å². The van der Waals surface area contributed by atoms with E-state index in [4.69, 9.17) is 18.9 Å². The lowest BCUT2D eigenvalue weighted by atomic mass is 9.89. The van der Waals surface area contributed by atoms with E-state index in [0.29, 0.717) is 32.8 Å². The lowest BCUT2D eigenvalue weighted by Gasteiger charge is -2.20. The van der Waals surface area contributed by atoms with Gasteiger partial charge in [0.1, 0.15) is 6.61 Å². The zero-order valence-corrected chi connectivity index (χ0v) is 17.6. The van der Waals surface area contributed by atoms with Crippen molar-refractivity contribution < 1.29 is 23.7 Å². The molecule has 0 amide bonds. The van der Waals surface area contributed by atoms with Gasteiger partial charge in [-0.25, -0.2) is 0 Å². The number of carbonyl (C=O) groups is 1. The smallest absolute Gasteiger partial charge is 0.327 e. The highest BCUT2D eigenvalue weighted by atomic mass is 16.6. The van der Waals surface area contributed by atoms with Gasteiger partial charge >= 0.3 is 5.97 Å². The molecule has 3 unspecified atom stereocenters. The molecule has 0 aliphatic heterocycles. The van der Waals surface area contributed by atoms with Gasteiger partial charge in [-0.2, -0.15) is 5.26 Å². The lowest BCUT2D eigenvalue weighted by Crippen LogP contribution is -2.27. The summed E-state index contributed by atoms with van der Waals surface area (Å²) in [4.78, 5) is 16.9. The molecule has 0 heterocycles. The number of ether oxygens (including phenoxy) is 4. The Morgan fingerprint density at radius 1 is 1.25 bits per heavy atom. The van der Waals surface area contributed by atoms with Crippen LogP contribution in [0, 0.1) is 17.2 Å². The Morgan fingerprint density at radius 2 is 2.00 bits per heavy atom. The van der Waals surface area contributed by atoms with Crippen molar-refractivity contribution in [2.45, 2.75) is 58.7 Å². The average molecular weight is 395 g/mol. The maximum Gasteiger partial charge on any atom is 0.327 e. The molecule has 0 aromatic heterocycles. The van der Waals surface area contributed by atoms with Crippen molar-refractivity contribution in [3.63, 3.8) is 0 Å². The molecule has 0 N–H and O–H groups in total. The standard InChI is InChI=1S/C21H34N2O5/c1-5-26-16(2)14-27-17(3)15-28-21(24)20(13-22)18-8-6-9-19(12-18)23-10-7-11-25-4/h12,16-17,20H,5-11,14-15H2,1-4H3. The van der Waals surface area contributed by atoms with Crippen molar-refractivity contribution in [3.8, 4) is 6.07 Å². The second-order valence-electron chi connectivity index (χ2n) is 6.89. The first-order valence-corrected chi connectivity index (χ1v) is 10.0. The molecule has 3 atom stereocenters. The number of allylic oxidation sites excluding steroid dienone is 1. The normalized spacial score (nSPS) is 18.8. The number of nitriles is 1. The first-order chi connectivity index (χ1) is 13.5. The summed E-state index contributed by atoms with van der Waals surface area (Å²) in [5.74, 6) is -1.42. The SMILES string of the molecule is CCOC(C)COC(C)COC(=O)C(C#N)C1=CC(=NCCCOC)CCC1. The van der Waals surface area contributed by atoms with E-state index < -0.39 is 11.9 Å². The van der Waals surface area contributed by atoms with E-state index in [1.807, 2.05) is 26.8 Å². The summed E-state index contributed by atoms with van der Waals surface area (Å²) >= 11 is 0. The van der Waals surface area contributed by atoms with Crippen LogP contribution in [0.2, 0.25) is 0 Å². The van der Waals surface area contributed by atoms with Crippen molar-refractivity contribution in [1.82, 2.24) is 0 Å². The van der Waals surface area contributed by atoms with Crippen LogP contribution >= 0.6 is 0 Å². The van der Waals surface area contributed by atoms with Crippen LogP contribution in [0.3, 0.4) is 0 Å². The summed E-state index contributed by atoms with van der Waals surface area (Å²) in [6, 6.07) is 2.08. The molecular weight excluding hydrogens is 360 g/mol. The summed E-state index contributed by atoms with van der Waals surface area (Å²) in [5.41, 5.74) is 1.72. The Balaban J connectivity index is 2.53. The van der Waals surface area contributed by atoms with Crippen LogP contribution in [0.15, 0.2) is 16.6 Å². The van der Waals surface area contributed by atoms with Gasteiger partial charge in [0.05, 0.1) is 24.9 Å². The summed E-state index contributed by atoms with van der Waals surface area (Å²) in [6.07, 6.45) is 4.93. The van der Waals surface area contributed by atoms with Gasteiger partial charge in [-0.05, 0) is 58.1 Å². The number of nitrogens with zero attached hydrogens (tertiary/aromatic N) is 2. The van der Waals surface area contributed by atoms with Gasteiger partial charge in [-0.15, -0.1) is 0 Å². The first kappa shape index (κ1) is 24.3. The molecule has 28 heavy (non-hydrogen) atoms. The Kier molecular flexibility index (Phi) is 12.4. The van der Waals surface area contributed by atoms with E-state index in [2.05, 4.69) is 11.1 Å². The summed E-state index contributed by atoms with van der Waals surface area (Å²) < 4.78 is 21.4. The zero-order valence-electron chi connectivity index (χ0n) is 17.6. The number of hydrogen-bond acceptors (Lipinski definition) is 7. The molecule has 1 aliphatic rings. The van der Waals surface area contributed by atoms with E-state index in [1.54, 1.807) is 7.11 Å². The summed E-state index contributed by atoms with van der Waals surface area (Å²) in [7, 11) is 1.67. The monoisotopic (exact) mass is 394 g/mol. The Morgan fingerprint density at radius 3 is 2.68 bits per heavy atom. The van der Waals surface area contributed by atoms with E-state index in [1.165, 1.54) is 0 Å². The third kappa shape index (κ3) is 9.45. The predicted octanol–water partition coefficient (Wildman–Crippen LogP) is 3.09. The summed E-state index contributed by atoms with van der Waals surface area (Å²) in [6.45, 7) is 8.22. The molecule has 158 valence electrons. The fraction of sp³-hybridized carbons (Fsp3) is 0.762. The van der Waals surface area contributed by atoms with Gasteiger partial charge in [-0.3, -0.25) is 9.79 Å². The van der Waals surface area contributed by atoms with Crippen LogP contribution in [0.4, 0.5) is 0 Å². The minimum absolute atomic E-state index is 0.0102. The maximum absolute atomic E-state index is 12.4. The number of carbonyl (C=O) groups excluding carboxylic acids is 1. The molecule has 1 aliphatic carbocycles. The number of esters is 1. The molecule has 0 bridgehead atoms. The fourth-order valence-corrected chi connectivity index (χ4v) is 2.87. The zero-order chi connectivity index (χ0) is 20.8. The molecule has 0 saturated carbocycles. The van der Waals surface area contributed by atoms with Gasteiger partial charge < -0.3 is 18.9 Å². The quantitative estimate of drug-likeness (QED) is 0.352. The van der Waals surface area contributed by atoms with Gasteiger partial charge in [-0.1, -0.05) is 0 Å². The molecule has 0 aromatic carbocycles. The highest BCUT2D eigenvalue weighted by Crippen LogP contribution is 2.24. The van der Waals surface area contributed by atoms with E-state index in [-0.39, 0.29) is 18.8 Å². The molecule has 7 heteroatoms. The van der Waals surface area contributed by atoms with Crippen molar-refractivity contribution in [2.24, 2.45) is 10.9 Å².